The summed E-state index contributed by atoms with van der Waals surface area (Å²) in [6.45, 7) is 4.43. The molecule has 0 fully saturated rings. The monoisotopic (exact) mass is 341 g/mol. The van der Waals surface area contributed by atoms with Gasteiger partial charge in [-0.15, -0.1) is 0 Å². The second kappa shape index (κ2) is 6.45. The fraction of sp³-hybridized carbons (Fsp3) is 0.167. The van der Waals surface area contributed by atoms with E-state index in [0.29, 0.717) is 11.6 Å². The summed E-state index contributed by atoms with van der Waals surface area (Å²) in [5, 5.41) is 16.3. The number of halogens is 1. The number of hydrogen-bond donors (Lipinski definition) is 0. The molecule has 2 aromatic carbocycles. The van der Waals surface area contributed by atoms with Gasteiger partial charge in [0.15, 0.2) is 0 Å². The zero-order valence-electron chi connectivity index (χ0n) is 13.4. The summed E-state index contributed by atoms with van der Waals surface area (Å²) in [6, 6.07) is 14.3. The maximum absolute atomic E-state index is 11.0. The van der Waals surface area contributed by atoms with Crippen LogP contribution in [0.4, 0.5) is 5.69 Å². The largest absolute Gasteiger partial charge is 0.270 e. The molecule has 0 N–H and O–H groups in total. The maximum atomic E-state index is 11.0. The van der Waals surface area contributed by atoms with Crippen molar-refractivity contribution in [3.8, 4) is 11.1 Å². The van der Waals surface area contributed by atoms with Crippen molar-refractivity contribution >= 4 is 17.3 Å². The van der Waals surface area contributed by atoms with Gasteiger partial charge in [-0.2, -0.15) is 5.10 Å². The first-order chi connectivity index (χ1) is 11.5. The lowest BCUT2D eigenvalue weighted by Crippen LogP contribution is -2.04. The molecule has 3 rings (SSSR count). The number of rotatable bonds is 4. The normalized spacial score (nSPS) is 10.8. The Hall–Kier alpha value is -2.66. The van der Waals surface area contributed by atoms with Crippen molar-refractivity contribution in [1.29, 1.82) is 0 Å². The lowest BCUT2D eigenvalue weighted by molar-refractivity contribution is -0.384. The maximum Gasteiger partial charge on any atom is 0.270 e. The molecule has 0 radical (unpaired) electrons. The first-order valence-corrected chi connectivity index (χ1v) is 7.87. The quantitative estimate of drug-likeness (QED) is 0.507. The lowest BCUT2D eigenvalue weighted by atomic mass is 10.0. The summed E-state index contributed by atoms with van der Waals surface area (Å²) < 4.78 is 1.88. The Morgan fingerprint density at radius 3 is 2.62 bits per heavy atom. The first kappa shape index (κ1) is 16.2. The van der Waals surface area contributed by atoms with Gasteiger partial charge in [0.25, 0.3) is 5.69 Å². The summed E-state index contributed by atoms with van der Waals surface area (Å²) in [7, 11) is 0. The Morgan fingerprint density at radius 1 is 1.17 bits per heavy atom. The van der Waals surface area contributed by atoms with Crippen molar-refractivity contribution in [1.82, 2.24) is 9.78 Å². The van der Waals surface area contributed by atoms with Gasteiger partial charge in [-0.25, -0.2) is 0 Å². The molecular weight excluding hydrogens is 326 g/mol. The number of benzene rings is 2. The molecule has 122 valence electrons. The average Bonchev–Trinajstić information content (AvgIpc) is 2.83. The molecular formula is C18H16ClN3O2. The van der Waals surface area contributed by atoms with Crippen LogP contribution in [0.3, 0.4) is 0 Å². The highest BCUT2D eigenvalue weighted by molar-refractivity contribution is 6.31. The van der Waals surface area contributed by atoms with Crippen LogP contribution in [0.5, 0.6) is 0 Å². The van der Waals surface area contributed by atoms with Crippen LogP contribution < -0.4 is 0 Å². The van der Waals surface area contributed by atoms with Crippen molar-refractivity contribution in [3.05, 3.63) is 80.6 Å². The van der Waals surface area contributed by atoms with E-state index in [4.69, 9.17) is 11.6 Å². The second-order valence-electron chi connectivity index (χ2n) is 5.60. The number of nitro groups is 1. The van der Waals surface area contributed by atoms with Crippen molar-refractivity contribution in [2.75, 3.05) is 0 Å². The van der Waals surface area contributed by atoms with Gasteiger partial charge in [-0.3, -0.25) is 14.8 Å². The lowest BCUT2D eigenvalue weighted by Gasteiger charge is -2.07. The van der Waals surface area contributed by atoms with Gasteiger partial charge < -0.3 is 0 Å². The Labute approximate surface area is 144 Å². The van der Waals surface area contributed by atoms with E-state index in [9.17, 15) is 10.1 Å². The highest BCUT2D eigenvalue weighted by Crippen LogP contribution is 2.30. The molecule has 0 aliphatic heterocycles. The predicted molar refractivity (Wildman–Crippen MR) is 94.3 cm³/mol. The molecule has 0 atom stereocenters. The Bertz CT molecular complexity index is 918. The van der Waals surface area contributed by atoms with E-state index in [1.54, 1.807) is 12.1 Å². The molecule has 0 aliphatic rings. The van der Waals surface area contributed by atoms with Crippen LogP contribution in [0, 0.1) is 24.0 Å². The molecule has 0 saturated carbocycles. The Balaban J connectivity index is 2.03. The topological polar surface area (TPSA) is 61.0 Å². The van der Waals surface area contributed by atoms with E-state index in [-0.39, 0.29) is 10.6 Å². The zero-order valence-corrected chi connectivity index (χ0v) is 14.1. The summed E-state index contributed by atoms with van der Waals surface area (Å²) in [4.78, 5) is 10.6. The molecule has 0 spiro atoms. The van der Waals surface area contributed by atoms with E-state index in [0.717, 1.165) is 28.1 Å². The molecule has 3 aromatic rings. The summed E-state index contributed by atoms with van der Waals surface area (Å²) in [5.41, 5.74) is 4.56. The minimum Gasteiger partial charge on any atom is -0.264 e. The first-order valence-electron chi connectivity index (χ1n) is 7.49. The molecule has 0 bridgehead atoms. The predicted octanol–water partition coefficient (Wildman–Crippen LogP) is 4.78. The molecule has 24 heavy (non-hydrogen) atoms. The van der Waals surface area contributed by atoms with E-state index in [1.165, 1.54) is 6.07 Å². The second-order valence-corrected chi connectivity index (χ2v) is 6.01. The summed E-state index contributed by atoms with van der Waals surface area (Å²) in [6.07, 6.45) is 0. The van der Waals surface area contributed by atoms with Crippen molar-refractivity contribution in [2.45, 2.75) is 20.4 Å². The van der Waals surface area contributed by atoms with Crippen LogP contribution in [-0.4, -0.2) is 14.7 Å². The third kappa shape index (κ3) is 3.03. The van der Waals surface area contributed by atoms with Crippen LogP contribution in [0.25, 0.3) is 11.1 Å². The van der Waals surface area contributed by atoms with E-state index in [1.807, 2.05) is 48.9 Å². The standard InChI is InChI=1S/C18H16ClN3O2/c1-12-18(14-7-5-8-16(10-14)22(23)24)13(2)21(20-12)11-15-6-3-4-9-17(15)19/h3-10H,11H2,1-2H3. The number of nitro benzene ring substituents is 1. The van der Waals surface area contributed by atoms with Crippen LogP contribution in [0.1, 0.15) is 17.0 Å². The Morgan fingerprint density at radius 2 is 1.92 bits per heavy atom. The highest BCUT2D eigenvalue weighted by atomic mass is 35.5. The van der Waals surface area contributed by atoms with E-state index in [2.05, 4.69) is 5.10 Å². The van der Waals surface area contributed by atoms with Crippen LogP contribution in [0.2, 0.25) is 5.02 Å². The van der Waals surface area contributed by atoms with Gasteiger partial charge in [-0.05, 0) is 31.0 Å². The molecule has 1 heterocycles. The minimum atomic E-state index is -0.387. The minimum absolute atomic E-state index is 0.0742. The number of aryl methyl sites for hydroxylation is 1. The number of aromatic nitrogens is 2. The van der Waals surface area contributed by atoms with E-state index >= 15 is 0 Å². The third-order valence-corrected chi connectivity index (χ3v) is 4.37. The van der Waals surface area contributed by atoms with Gasteiger partial charge in [0.1, 0.15) is 0 Å². The van der Waals surface area contributed by atoms with Crippen molar-refractivity contribution < 1.29 is 4.92 Å². The summed E-state index contributed by atoms with van der Waals surface area (Å²) in [5.74, 6) is 0. The van der Waals surface area contributed by atoms with E-state index < -0.39 is 0 Å². The third-order valence-electron chi connectivity index (χ3n) is 4.01. The van der Waals surface area contributed by atoms with Crippen molar-refractivity contribution in [3.63, 3.8) is 0 Å². The van der Waals surface area contributed by atoms with Gasteiger partial charge in [-0.1, -0.05) is 41.9 Å². The number of hydrogen-bond acceptors (Lipinski definition) is 3. The fourth-order valence-corrected chi connectivity index (χ4v) is 3.03. The Kier molecular flexibility index (Phi) is 4.36. The molecule has 0 saturated heterocycles. The number of non-ortho nitro benzene ring substituents is 1. The van der Waals surface area contributed by atoms with Crippen LogP contribution in [0.15, 0.2) is 48.5 Å². The summed E-state index contributed by atoms with van der Waals surface area (Å²) >= 11 is 6.23. The fourth-order valence-electron chi connectivity index (χ4n) is 2.83. The van der Waals surface area contributed by atoms with Gasteiger partial charge in [0.2, 0.25) is 0 Å². The highest BCUT2D eigenvalue weighted by Gasteiger charge is 2.16. The van der Waals surface area contributed by atoms with Crippen molar-refractivity contribution in [2.24, 2.45) is 0 Å². The number of nitrogens with zero attached hydrogens (tertiary/aromatic N) is 3. The molecule has 1 aromatic heterocycles. The van der Waals surface area contributed by atoms with Crippen LogP contribution >= 0.6 is 11.6 Å². The molecule has 5 nitrogen and oxygen atoms in total. The smallest absolute Gasteiger partial charge is 0.264 e. The van der Waals surface area contributed by atoms with Gasteiger partial charge in [0, 0.05) is 28.4 Å². The van der Waals surface area contributed by atoms with Gasteiger partial charge in [0.05, 0.1) is 17.2 Å². The zero-order chi connectivity index (χ0) is 17.3. The van der Waals surface area contributed by atoms with Crippen LogP contribution in [-0.2, 0) is 6.54 Å². The molecule has 0 amide bonds. The molecule has 6 heteroatoms. The molecule has 0 aliphatic carbocycles. The SMILES string of the molecule is Cc1nn(Cc2ccccc2Cl)c(C)c1-c1cccc([N+](=O)[O-])c1. The van der Waals surface area contributed by atoms with Gasteiger partial charge >= 0.3 is 0 Å². The molecule has 0 unspecified atom stereocenters. The average molecular weight is 342 g/mol.